The van der Waals surface area contributed by atoms with E-state index in [4.69, 9.17) is 14.9 Å². The van der Waals surface area contributed by atoms with E-state index in [-0.39, 0.29) is 12.6 Å². The minimum absolute atomic E-state index is 0.139. The molecule has 1 unspecified atom stereocenters. The Labute approximate surface area is 165 Å². The lowest BCUT2D eigenvalue weighted by atomic mass is 10.2. The predicted molar refractivity (Wildman–Crippen MR) is 112 cm³/mol. The molecule has 4 nitrogen and oxygen atoms in total. The van der Waals surface area contributed by atoms with Crippen LogP contribution in [0.5, 0.6) is 0 Å². The standard InChI is InChI=1S/C23H38O4/c1-2-3-4-5-6-7-8-9-10-11-12-13-14-15-16-17-18-19-23(26)27-21-22(25)20-24/h6-7,9-10,12-13,15-16,22,24-25H,2-5,8,11,14,17-21H2,1H3/b7-6+,10-9-,13-12+,16-15+. The first kappa shape index (κ1) is 25.4. The Kier molecular flexibility index (Phi) is 19.4. The van der Waals surface area contributed by atoms with Gasteiger partial charge in [-0.2, -0.15) is 0 Å². The molecule has 154 valence electrons. The van der Waals surface area contributed by atoms with Crippen LogP contribution in [0.1, 0.15) is 71.1 Å². The van der Waals surface area contributed by atoms with Gasteiger partial charge in [-0.1, -0.05) is 68.4 Å². The summed E-state index contributed by atoms with van der Waals surface area (Å²) in [6, 6.07) is 0. The normalized spacial score (nSPS) is 13.4. The summed E-state index contributed by atoms with van der Waals surface area (Å²) in [6.45, 7) is 1.69. The lowest BCUT2D eigenvalue weighted by Crippen LogP contribution is -2.21. The maximum atomic E-state index is 11.4. The number of carbonyl (C=O) groups is 1. The number of allylic oxidation sites excluding steroid dienone is 8. The second-order valence-electron chi connectivity index (χ2n) is 6.50. The van der Waals surface area contributed by atoms with Crippen LogP contribution in [0.15, 0.2) is 48.6 Å². The highest BCUT2D eigenvalue weighted by molar-refractivity contribution is 5.69. The maximum Gasteiger partial charge on any atom is 0.305 e. The van der Waals surface area contributed by atoms with E-state index in [1.807, 2.05) is 0 Å². The van der Waals surface area contributed by atoms with Gasteiger partial charge in [-0.15, -0.1) is 0 Å². The van der Waals surface area contributed by atoms with Gasteiger partial charge in [0.1, 0.15) is 12.7 Å². The Morgan fingerprint density at radius 2 is 1.37 bits per heavy atom. The lowest BCUT2D eigenvalue weighted by molar-refractivity contribution is -0.147. The zero-order chi connectivity index (χ0) is 20.0. The molecule has 0 aliphatic heterocycles. The van der Waals surface area contributed by atoms with Gasteiger partial charge in [0.15, 0.2) is 0 Å². The summed E-state index contributed by atoms with van der Waals surface area (Å²) in [7, 11) is 0. The van der Waals surface area contributed by atoms with Gasteiger partial charge >= 0.3 is 5.97 Å². The average Bonchev–Trinajstić information content (AvgIpc) is 2.68. The van der Waals surface area contributed by atoms with E-state index < -0.39 is 12.7 Å². The predicted octanol–water partition coefficient (Wildman–Crippen LogP) is 5.03. The largest absolute Gasteiger partial charge is 0.463 e. The fraction of sp³-hybridized carbons (Fsp3) is 0.609. The van der Waals surface area contributed by atoms with Gasteiger partial charge in [0, 0.05) is 6.42 Å². The van der Waals surface area contributed by atoms with Crippen LogP contribution in [-0.4, -0.2) is 35.5 Å². The Balaban J connectivity index is 3.49. The van der Waals surface area contributed by atoms with Crippen molar-refractivity contribution in [1.82, 2.24) is 0 Å². The van der Waals surface area contributed by atoms with E-state index in [9.17, 15) is 4.79 Å². The van der Waals surface area contributed by atoms with Crippen molar-refractivity contribution in [3.05, 3.63) is 48.6 Å². The lowest BCUT2D eigenvalue weighted by Gasteiger charge is -2.07. The van der Waals surface area contributed by atoms with E-state index in [0.29, 0.717) is 6.42 Å². The van der Waals surface area contributed by atoms with E-state index in [0.717, 1.165) is 32.1 Å². The number of ether oxygens (including phenoxy) is 1. The summed E-state index contributed by atoms with van der Waals surface area (Å²) in [5.41, 5.74) is 0. The average molecular weight is 379 g/mol. The second kappa shape index (κ2) is 20.7. The topological polar surface area (TPSA) is 66.8 Å². The van der Waals surface area contributed by atoms with Crippen molar-refractivity contribution in [3.8, 4) is 0 Å². The molecule has 2 N–H and O–H groups in total. The van der Waals surface area contributed by atoms with Gasteiger partial charge < -0.3 is 14.9 Å². The van der Waals surface area contributed by atoms with Crippen molar-refractivity contribution in [3.63, 3.8) is 0 Å². The molecule has 0 aliphatic carbocycles. The summed E-state index contributed by atoms with van der Waals surface area (Å²) < 4.78 is 4.83. The number of unbranched alkanes of at least 4 members (excludes halogenated alkanes) is 4. The van der Waals surface area contributed by atoms with E-state index in [1.165, 1.54) is 25.7 Å². The van der Waals surface area contributed by atoms with Crippen LogP contribution >= 0.6 is 0 Å². The minimum Gasteiger partial charge on any atom is -0.463 e. The molecule has 0 fully saturated rings. The van der Waals surface area contributed by atoms with Crippen LogP contribution in [-0.2, 0) is 9.53 Å². The first-order valence-electron chi connectivity index (χ1n) is 10.2. The molecule has 0 aromatic carbocycles. The van der Waals surface area contributed by atoms with Gasteiger partial charge in [0.05, 0.1) is 6.61 Å². The van der Waals surface area contributed by atoms with Crippen LogP contribution in [0.25, 0.3) is 0 Å². The molecule has 0 aromatic rings. The van der Waals surface area contributed by atoms with Gasteiger partial charge in [0.25, 0.3) is 0 Å². The highest BCUT2D eigenvalue weighted by Crippen LogP contribution is 2.02. The molecule has 1 atom stereocenters. The molecule has 0 spiro atoms. The SMILES string of the molecule is CCCCC/C=C/C/C=C\C/C=C/C/C=C/CCCC(=O)OCC(O)CO. The molecule has 4 heteroatoms. The first-order chi connectivity index (χ1) is 13.2. The Hall–Kier alpha value is -1.65. The van der Waals surface area contributed by atoms with Crippen molar-refractivity contribution in [1.29, 1.82) is 0 Å². The third-order valence-corrected chi connectivity index (χ3v) is 3.86. The van der Waals surface area contributed by atoms with E-state index in [2.05, 4.69) is 55.5 Å². The van der Waals surface area contributed by atoms with E-state index >= 15 is 0 Å². The molecule has 0 amide bonds. The number of hydrogen-bond donors (Lipinski definition) is 2. The molecule has 0 aromatic heterocycles. The van der Waals surface area contributed by atoms with Crippen molar-refractivity contribution >= 4 is 5.97 Å². The number of aliphatic hydroxyl groups excluding tert-OH is 2. The third-order valence-electron chi connectivity index (χ3n) is 3.86. The summed E-state index contributed by atoms with van der Waals surface area (Å²) >= 11 is 0. The van der Waals surface area contributed by atoms with Crippen LogP contribution < -0.4 is 0 Å². The molecule has 0 bridgehead atoms. The number of carbonyl (C=O) groups excluding carboxylic acids is 1. The quantitative estimate of drug-likeness (QED) is 0.212. The molecular weight excluding hydrogens is 340 g/mol. The molecule has 0 saturated carbocycles. The molecule has 0 saturated heterocycles. The monoisotopic (exact) mass is 378 g/mol. The van der Waals surface area contributed by atoms with Crippen molar-refractivity contribution in [2.24, 2.45) is 0 Å². The number of esters is 1. The fourth-order valence-electron chi connectivity index (χ4n) is 2.24. The summed E-state index contributed by atoms with van der Waals surface area (Å²) in [5.74, 6) is -0.335. The second-order valence-corrected chi connectivity index (χ2v) is 6.50. The Morgan fingerprint density at radius 3 is 1.89 bits per heavy atom. The smallest absolute Gasteiger partial charge is 0.305 e. The minimum atomic E-state index is -0.984. The maximum absolute atomic E-state index is 11.4. The number of aliphatic hydroxyl groups is 2. The van der Waals surface area contributed by atoms with Crippen LogP contribution in [0.2, 0.25) is 0 Å². The summed E-state index contributed by atoms with van der Waals surface area (Å²) in [6.07, 6.45) is 26.3. The summed E-state index contributed by atoms with van der Waals surface area (Å²) in [4.78, 5) is 11.4. The van der Waals surface area contributed by atoms with Gasteiger partial charge in [0.2, 0.25) is 0 Å². The van der Waals surface area contributed by atoms with Crippen LogP contribution in [0.4, 0.5) is 0 Å². The Bertz CT molecular complexity index is 449. The van der Waals surface area contributed by atoms with Gasteiger partial charge in [-0.25, -0.2) is 0 Å². The zero-order valence-electron chi connectivity index (χ0n) is 16.9. The molecule has 0 aliphatic rings. The molecular formula is C23H38O4. The summed E-state index contributed by atoms with van der Waals surface area (Å²) in [5, 5.41) is 17.7. The van der Waals surface area contributed by atoms with Crippen LogP contribution in [0, 0.1) is 0 Å². The number of hydrogen-bond acceptors (Lipinski definition) is 4. The van der Waals surface area contributed by atoms with Crippen molar-refractivity contribution in [2.75, 3.05) is 13.2 Å². The van der Waals surface area contributed by atoms with Gasteiger partial charge in [-0.3, -0.25) is 4.79 Å². The van der Waals surface area contributed by atoms with E-state index in [1.54, 1.807) is 0 Å². The highest BCUT2D eigenvalue weighted by Gasteiger charge is 2.06. The third kappa shape index (κ3) is 20.5. The van der Waals surface area contributed by atoms with Crippen molar-refractivity contribution in [2.45, 2.75) is 77.2 Å². The zero-order valence-corrected chi connectivity index (χ0v) is 16.9. The first-order valence-corrected chi connectivity index (χ1v) is 10.2. The van der Waals surface area contributed by atoms with Crippen molar-refractivity contribution < 1.29 is 19.7 Å². The van der Waals surface area contributed by atoms with Crippen LogP contribution in [0.3, 0.4) is 0 Å². The fourth-order valence-corrected chi connectivity index (χ4v) is 2.24. The molecule has 0 rings (SSSR count). The highest BCUT2D eigenvalue weighted by atomic mass is 16.5. The van der Waals surface area contributed by atoms with Gasteiger partial charge in [-0.05, 0) is 44.9 Å². The Morgan fingerprint density at radius 1 is 0.852 bits per heavy atom. The molecule has 0 radical (unpaired) electrons. The molecule has 0 heterocycles. The molecule has 27 heavy (non-hydrogen) atoms. The number of rotatable bonds is 17.